The molecule has 1 aliphatic heterocycles. The predicted octanol–water partition coefficient (Wildman–Crippen LogP) is 2.62. The monoisotopic (exact) mass is 243 g/mol. The molecule has 0 aromatic rings. The first kappa shape index (κ1) is 12.2. The number of hydrogen-bond acceptors (Lipinski definition) is 2. The molecule has 2 fully saturated rings. The summed E-state index contributed by atoms with van der Waals surface area (Å²) in [4.78, 5) is 0. The van der Waals surface area contributed by atoms with Crippen LogP contribution in [-0.2, 0) is 15.7 Å². The molecule has 1 unspecified atom stereocenters. The Kier molecular flexibility index (Phi) is 3.23. The molecule has 1 aliphatic carbocycles. The van der Waals surface area contributed by atoms with Crippen molar-refractivity contribution >= 4 is 16.7 Å². The summed E-state index contributed by atoms with van der Waals surface area (Å²) in [5.74, 6) is 0. The Morgan fingerprint density at radius 2 is 2.00 bits per heavy atom. The van der Waals surface area contributed by atoms with E-state index < -0.39 is 11.0 Å². The molecule has 0 bridgehead atoms. The van der Waals surface area contributed by atoms with E-state index in [1.807, 2.05) is 20.8 Å². The van der Waals surface area contributed by atoms with Gasteiger partial charge in [-0.25, -0.2) is 4.21 Å². The van der Waals surface area contributed by atoms with Crippen LogP contribution >= 0.6 is 0 Å². The maximum atomic E-state index is 12.0. The third kappa shape index (κ3) is 2.23. The highest BCUT2D eigenvalue weighted by atomic mass is 32.2. The number of ether oxygens (including phenoxy) is 1. The summed E-state index contributed by atoms with van der Waals surface area (Å²) in [6.45, 7) is 6.72. The predicted molar refractivity (Wildman–Crippen MR) is 67.1 cm³/mol. The zero-order valence-electron chi connectivity index (χ0n) is 10.4. The molecular weight excluding hydrogens is 222 g/mol. The SMILES string of the molecule is CC(C)(C)[S@@](=O)/N=C1\CCCC12CCCO2. The van der Waals surface area contributed by atoms with Gasteiger partial charge in [0.15, 0.2) is 0 Å². The first-order valence-corrected chi connectivity index (χ1v) is 7.19. The Bertz CT molecular complexity index is 319. The largest absolute Gasteiger partial charge is 0.369 e. The van der Waals surface area contributed by atoms with E-state index in [1.54, 1.807) is 0 Å². The highest BCUT2D eigenvalue weighted by Gasteiger charge is 2.44. The fraction of sp³-hybridized carbons (Fsp3) is 0.917. The third-order valence-electron chi connectivity index (χ3n) is 3.34. The molecule has 1 spiro atoms. The molecule has 0 amide bonds. The van der Waals surface area contributed by atoms with E-state index in [9.17, 15) is 4.21 Å². The Hall–Kier alpha value is -0.220. The standard InChI is InChI=1S/C12H21NO2S/c1-11(2,3)16(14)13-10-6-4-7-12(10)8-5-9-15-12/h4-9H2,1-3H3/b13-10+/t12?,16-/m1/s1. The molecule has 92 valence electrons. The van der Waals surface area contributed by atoms with Crippen molar-refractivity contribution in [1.82, 2.24) is 0 Å². The molecule has 4 heteroatoms. The topological polar surface area (TPSA) is 38.7 Å². The van der Waals surface area contributed by atoms with Gasteiger partial charge in [-0.3, -0.25) is 0 Å². The molecule has 3 nitrogen and oxygen atoms in total. The number of hydrogen-bond donors (Lipinski definition) is 0. The van der Waals surface area contributed by atoms with Crippen LogP contribution in [0.5, 0.6) is 0 Å². The van der Waals surface area contributed by atoms with E-state index in [1.165, 1.54) is 0 Å². The second-order valence-corrected chi connectivity index (χ2v) is 7.60. The van der Waals surface area contributed by atoms with Gasteiger partial charge >= 0.3 is 0 Å². The number of rotatable bonds is 1. The molecule has 1 saturated carbocycles. The fourth-order valence-corrected chi connectivity index (χ4v) is 3.13. The van der Waals surface area contributed by atoms with E-state index in [2.05, 4.69) is 4.40 Å². The molecule has 2 atom stereocenters. The zero-order valence-corrected chi connectivity index (χ0v) is 11.2. The van der Waals surface area contributed by atoms with Crippen LogP contribution in [0.3, 0.4) is 0 Å². The van der Waals surface area contributed by atoms with Crippen molar-refractivity contribution in [3.63, 3.8) is 0 Å². The summed E-state index contributed by atoms with van der Waals surface area (Å²) >= 11 is 0. The van der Waals surface area contributed by atoms with Crippen LogP contribution in [0.25, 0.3) is 0 Å². The smallest absolute Gasteiger partial charge is 0.144 e. The van der Waals surface area contributed by atoms with Gasteiger partial charge in [-0.1, -0.05) is 0 Å². The minimum Gasteiger partial charge on any atom is -0.369 e. The molecule has 0 radical (unpaired) electrons. The Morgan fingerprint density at radius 3 is 2.56 bits per heavy atom. The van der Waals surface area contributed by atoms with E-state index in [0.29, 0.717) is 0 Å². The summed E-state index contributed by atoms with van der Waals surface area (Å²) < 4.78 is 22.1. The second kappa shape index (κ2) is 4.22. The molecule has 0 aromatic heterocycles. The summed E-state index contributed by atoms with van der Waals surface area (Å²) in [5.41, 5.74) is 0.916. The van der Waals surface area contributed by atoms with Gasteiger partial charge in [-0.15, -0.1) is 0 Å². The van der Waals surface area contributed by atoms with Crippen LogP contribution in [0.2, 0.25) is 0 Å². The average molecular weight is 243 g/mol. The Balaban J connectivity index is 2.20. The molecule has 1 heterocycles. The lowest BCUT2D eigenvalue weighted by atomic mass is 9.97. The van der Waals surface area contributed by atoms with Crippen LogP contribution in [0.15, 0.2) is 4.40 Å². The quantitative estimate of drug-likeness (QED) is 0.710. The first-order valence-electron chi connectivity index (χ1n) is 6.08. The van der Waals surface area contributed by atoms with E-state index in [0.717, 1.165) is 44.4 Å². The van der Waals surface area contributed by atoms with Crippen molar-refractivity contribution in [1.29, 1.82) is 0 Å². The Labute approximate surface area is 100 Å². The Morgan fingerprint density at radius 1 is 1.31 bits per heavy atom. The lowest BCUT2D eigenvalue weighted by Crippen LogP contribution is -2.34. The number of nitrogens with zero attached hydrogens (tertiary/aromatic N) is 1. The molecule has 2 aliphatic rings. The highest BCUT2D eigenvalue weighted by molar-refractivity contribution is 7.85. The van der Waals surface area contributed by atoms with Crippen LogP contribution in [0.4, 0.5) is 0 Å². The van der Waals surface area contributed by atoms with Gasteiger partial charge in [0.25, 0.3) is 0 Å². The zero-order chi connectivity index (χ0) is 11.8. The molecule has 0 N–H and O–H groups in total. The molecule has 0 aromatic carbocycles. The lowest BCUT2D eigenvalue weighted by molar-refractivity contribution is 0.0633. The van der Waals surface area contributed by atoms with Gasteiger partial charge in [-0.2, -0.15) is 4.40 Å². The van der Waals surface area contributed by atoms with Gasteiger partial charge in [0.1, 0.15) is 16.6 Å². The van der Waals surface area contributed by atoms with Gasteiger partial charge in [0.2, 0.25) is 0 Å². The maximum Gasteiger partial charge on any atom is 0.144 e. The summed E-state index contributed by atoms with van der Waals surface area (Å²) in [6.07, 6.45) is 5.32. The van der Waals surface area contributed by atoms with Gasteiger partial charge in [-0.05, 0) is 52.9 Å². The van der Waals surface area contributed by atoms with Crippen LogP contribution in [-0.4, -0.2) is 26.9 Å². The van der Waals surface area contributed by atoms with Gasteiger partial charge in [0.05, 0.1) is 10.5 Å². The van der Waals surface area contributed by atoms with Crippen molar-refractivity contribution in [3.8, 4) is 0 Å². The first-order chi connectivity index (χ1) is 7.44. The fourth-order valence-electron chi connectivity index (χ4n) is 2.40. The summed E-state index contributed by atoms with van der Waals surface area (Å²) in [6, 6.07) is 0. The minimum absolute atomic E-state index is 0.138. The molecule has 16 heavy (non-hydrogen) atoms. The van der Waals surface area contributed by atoms with Crippen molar-refractivity contribution in [2.24, 2.45) is 4.40 Å². The normalized spacial score (nSPS) is 35.1. The van der Waals surface area contributed by atoms with Crippen molar-refractivity contribution in [2.45, 2.75) is 63.2 Å². The van der Waals surface area contributed by atoms with Crippen LogP contribution < -0.4 is 0 Å². The van der Waals surface area contributed by atoms with Crippen molar-refractivity contribution < 1.29 is 8.95 Å². The van der Waals surface area contributed by atoms with Gasteiger partial charge < -0.3 is 4.74 Å². The van der Waals surface area contributed by atoms with E-state index >= 15 is 0 Å². The lowest BCUT2D eigenvalue weighted by Gasteiger charge is -2.24. The molecular formula is C12H21NO2S. The highest BCUT2D eigenvalue weighted by Crippen LogP contribution is 2.39. The summed E-state index contributed by atoms with van der Waals surface area (Å²) in [7, 11) is -1.14. The molecule has 1 saturated heterocycles. The van der Waals surface area contributed by atoms with E-state index in [4.69, 9.17) is 4.74 Å². The van der Waals surface area contributed by atoms with Crippen molar-refractivity contribution in [2.75, 3.05) is 6.61 Å². The third-order valence-corrected chi connectivity index (χ3v) is 4.77. The van der Waals surface area contributed by atoms with Crippen molar-refractivity contribution in [3.05, 3.63) is 0 Å². The van der Waals surface area contributed by atoms with E-state index in [-0.39, 0.29) is 10.3 Å². The van der Waals surface area contributed by atoms with Crippen LogP contribution in [0, 0.1) is 0 Å². The maximum absolute atomic E-state index is 12.0. The second-order valence-electron chi connectivity index (χ2n) is 5.70. The van der Waals surface area contributed by atoms with Crippen LogP contribution in [0.1, 0.15) is 52.9 Å². The minimum atomic E-state index is -1.14. The average Bonchev–Trinajstić information content (AvgIpc) is 2.78. The van der Waals surface area contributed by atoms with Gasteiger partial charge in [0, 0.05) is 6.61 Å². The molecule has 2 rings (SSSR count). The summed E-state index contributed by atoms with van der Waals surface area (Å²) in [5, 5.41) is 0.